The molecule has 4 amide bonds. The lowest BCUT2D eigenvalue weighted by Gasteiger charge is -2.43. The highest BCUT2D eigenvalue weighted by Crippen LogP contribution is 2.28. The van der Waals surface area contributed by atoms with Crippen LogP contribution in [-0.4, -0.2) is 158 Å². The molecule has 3 N–H and O–H groups in total. The summed E-state index contributed by atoms with van der Waals surface area (Å²) in [5.41, 5.74) is 2.87. The molecule has 5 aliphatic rings. The number of halogens is 1. The van der Waals surface area contributed by atoms with Gasteiger partial charge >= 0.3 is 12.1 Å². The third-order valence-corrected chi connectivity index (χ3v) is 13.1. The number of urea groups is 1. The first-order valence-corrected chi connectivity index (χ1v) is 20.1. The van der Waals surface area contributed by atoms with Gasteiger partial charge in [0.15, 0.2) is 6.10 Å². The summed E-state index contributed by atoms with van der Waals surface area (Å²) in [5, 5.41) is 13.3. The van der Waals surface area contributed by atoms with Gasteiger partial charge in [-0.3, -0.25) is 9.69 Å². The van der Waals surface area contributed by atoms with E-state index in [9.17, 15) is 27.9 Å². The number of carbonyl (C=O) groups excluding carboxylic acids is 3. The number of anilines is 1. The summed E-state index contributed by atoms with van der Waals surface area (Å²) in [4.78, 5) is 47.8. The average molecular weight is 789 g/mol. The quantitative estimate of drug-likeness (QED) is 0.266. The van der Waals surface area contributed by atoms with Crippen LogP contribution in [-0.2, 0) is 26.2 Å². The van der Waals surface area contributed by atoms with Gasteiger partial charge in [-0.15, -0.1) is 0 Å². The Bertz CT molecular complexity index is 1620. The van der Waals surface area contributed by atoms with Crippen molar-refractivity contribution in [3.05, 3.63) is 53.0 Å². The van der Waals surface area contributed by atoms with Crippen LogP contribution in [0.25, 0.3) is 0 Å². The van der Waals surface area contributed by atoms with Crippen molar-refractivity contribution in [1.29, 1.82) is 0 Å². The highest BCUT2D eigenvalue weighted by atomic mass is 79.9. The topological polar surface area (TPSA) is 155 Å². The zero-order chi connectivity index (χ0) is 36.3. The van der Waals surface area contributed by atoms with Crippen LogP contribution in [0.1, 0.15) is 37.7 Å². The van der Waals surface area contributed by atoms with E-state index in [-0.39, 0.29) is 35.9 Å². The number of carbonyl (C=O) groups is 3. The molecule has 276 valence electrons. The van der Waals surface area contributed by atoms with E-state index in [0.29, 0.717) is 90.2 Å². The van der Waals surface area contributed by atoms with Crippen LogP contribution in [0.2, 0.25) is 0 Å². The fourth-order valence-electron chi connectivity index (χ4n) is 7.73. The second-order valence-electron chi connectivity index (χ2n) is 13.8. The number of hydrogen-bond donors (Lipinski definition) is 3. The van der Waals surface area contributed by atoms with Crippen LogP contribution >= 0.6 is 15.9 Å². The number of aliphatic hydroxyl groups is 1. The molecule has 0 bridgehead atoms. The van der Waals surface area contributed by atoms with Gasteiger partial charge in [-0.25, -0.2) is 14.3 Å². The smallest absolute Gasteiger partial charge is 0.410 e. The van der Waals surface area contributed by atoms with Gasteiger partial charge in [0.25, 0.3) is 16.1 Å². The predicted molar refractivity (Wildman–Crippen MR) is 197 cm³/mol. The van der Waals surface area contributed by atoms with E-state index in [1.165, 1.54) is 11.4 Å². The van der Waals surface area contributed by atoms with Crippen molar-refractivity contribution in [2.24, 2.45) is 0 Å². The summed E-state index contributed by atoms with van der Waals surface area (Å²) in [6, 6.07) is 7.86. The number of ether oxygens (including phenoxy) is 1. The fraction of sp³-hybridized carbons (Fsp3) is 0.618. The monoisotopic (exact) mass is 787 g/mol. The number of para-hydroxylation sites is 1. The number of fused-ring (bicyclic) bond motifs is 1. The maximum atomic E-state index is 14.0. The Balaban J connectivity index is 1.06. The van der Waals surface area contributed by atoms with E-state index in [1.54, 1.807) is 22.0 Å². The normalized spacial score (nSPS) is 25.3. The van der Waals surface area contributed by atoms with Crippen LogP contribution in [0.15, 0.2) is 47.5 Å². The number of likely N-dealkylation sites (tertiary alicyclic amines) is 1. The van der Waals surface area contributed by atoms with Gasteiger partial charge < -0.3 is 29.9 Å². The van der Waals surface area contributed by atoms with Gasteiger partial charge in [-0.2, -0.15) is 12.7 Å². The molecular weight excluding hydrogens is 741 g/mol. The van der Waals surface area contributed by atoms with Crippen LogP contribution < -0.4 is 10.0 Å². The van der Waals surface area contributed by atoms with Crippen LogP contribution in [0.4, 0.5) is 15.3 Å². The molecule has 3 atom stereocenters. The minimum atomic E-state index is -3.45. The molecule has 3 saturated heterocycles. The number of nitrogens with one attached hydrogen (secondary N) is 2. The molecule has 1 aliphatic carbocycles. The Labute approximate surface area is 309 Å². The number of piperidine rings is 2. The van der Waals surface area contributed by atoms with Crippen molar-refractivity contribution in [2.75, 3.05) is 71.3 Å². The number of allylic oxidation sites excluding steroid dienone is 1. The maximum absolute atomic E-state index is 14.0. The lowest BCUT2D eigenvalue weighted by Crippen LogP contribution is -2.57. The van der Waals surface area contributed by atoms with Crippen molar-refractivity contribution >= 4 is 57.7 Å². The number of benzene rings is 1. The SMILES string of the molecule is [B]C1=CC(C[C@@H](OC(=O)N2CCC(N3CCc4ccccc4NC3=O)CC2)C(=O)N2CCN(C3CCN(S(=O)(=O)NC)CC3)CC2)=CC(Br)C1O. The van der Waals surface area contributed by atoms with Crippen molar-refractivity contribution in [3.8, 4) is 0 Å². The number of nitrogens with zero attached hydrogens (tertiary/aromatic N) is 5. The summed E-state index contributed by atoms with van der Waals surface area (Å²) in [5.74, 6) is -0.293. The predicted octanol–water partition coefficient (Wildman–Crippen LogP) is 1.63. The molecule has 3 fully saturated rings. The zero-order valence-corrected chi connectivity index (χ0v) is 31.4. The molecule has 0 spiro atoms. The lowest BCUT2D eigenvalue weighted by molar-refractivity contribution is -0.143. The van der Waals surface area contributed by atoms with Crippen LogP contribution in [0.5, 0.6) is 0 Å². The molecule has 2 unspecified atom stereocenters. The summed E-state index contributed by atoms with van der Waals surface area (Å²) in [6.07, 6.45) is 4.29. The van der Waals surface area contributed by atoms with Gasteiger partial charge in [0.2, 0.25) is 0 Å². The molecular formula is C34H47BBrN7O7S. The van der Waals surface area contributed by atoms with Gasteiger partial charge in [-0.1, -0.05) is 51.8 Å². The van der Waals surface area contributed by atoms with Crippen molar-refractivity contribution in [2.45, 2.75) is 67.6 Å². The lowest BCUT2D eigenvalue weighted by atomic mass is 9.82. The molecule has 1 aromatic carbocycles. The minimum Gasteiger partial charge on any atom is -0.436 e. The minimum absolute atomic E-state index is 0.0279. The first kappa shape index (κ1) is 37.8. The van der Waals surface area contributed by atoms with Crippen LogP contribution in [0, 0.1) is 0 Å². The number of hydrogen-bond acceptors (Lipinski definition) is 8. The third-order valence-electron chi connectivity index (χ3n) is 10.8. The van der Waals surface area contributed by atoms with E-state index >= 15 is 0 Å². The molecule has 51 heavy (non-hydrogen) atoms. The van der Waals surface area contributed by atoms with E-state index in [2.05, 4.69) is 30.9 Å². The highest BCUT2D eigenvalue weighted by molar-refractivity contribution is 9.09. The first-order chi connectivity index (χ1) is 24.4. The highest BCUT2D eigenvalue weighted by Gasteiger charge is 2.37. The number of alkyl halides is 1. The summed E-state index contributed by atoms with van der Waals surface area (Å²) >= 11 is 3.43. The van der Waals surface area contributed by atoms with E-state index in [4.69, 9.17) is 12.6 Å². The average Bonchev–Trinajstić information content (AvgIpc) is 3.31. The van der Waals surface area contributed by atoms with Gasteiger partial charge in [0, 0.05) is 90.1 Å². The molecule has 1 aromatic rings. The fourth-order valence-corrected chi connectivity index (χ4v) is 9.32. The molecule has 14 nitrogen and oxygen atoms in total. The summed E-state index contributed by atoms with van der Waals surface area (Å²) < 4.78 is 34.3. The molecule has 0 aromatic heterocycles. The Morgan fingerprint density at radius 3 is 2.33 bits per heavy atom. The van der Waals surface area contributed by atoms with E-state index < -0.39 is 33.3 Å². The summed E-state index contributed by atoms with van der Waals surface area (Å²) in [7, 11) is 4.03. The Hall–Kier alpha value is -2.96. The Morgan fingerprint density at radius 2 is 1.67 bits per heavy atom. The van der Waals surface area contributed by atoms with Gasteiger partial charge in [-0.05, 0) is 49.3 Å². The summed E-state index contributed by atoms with van der Waals surface area (Å²) in [6.45, 7) is 4.41. The second kappa shape index (κ2) is 16.4. The van der Waals surface area contributed by atoms with Crippen LogP contribution in [0.3, 0.4) is 0 Å². The Morgan fingerprint density at radius 1 is 1.00 bits per heavy atom. The molecule has 2 radical (unpaired) electrons. The number of aliphatic hydroxyl groups excluding tert-OH is 1. The molecule has 4 heterocycles. The van der Waals surface area contributed by atoms with Gasteiger partial charge in [0.05, 0.1) is 10.9 Å². The second-order valence-corrected chi connectivity index (χ2v) is 16.7. The standard InChI is InChI=1S/C34H47BBrN7O7S/c1-37-51(48,49)42-13-9-25(10-14-42)39-16-18-40(19-17-39)32(45)30(22-23-20-27(35)31(44)28(36)21-23)50-34(47)41-11-7-26(8-12-41)43-15-6-24-4-2-3-5-29(24)38-33(43)46/h2-5,20-21,25-26,28,30-31,37,44H,6-19,22H2,1H3,(H,38,46)/t28?,30-,31?/m1/s1. The third kappa shape index (κ3) is 8.82. The van der Waals surface area contributed by atoms with E-state index in [1.807, 2.05) is 29.2 Å². The molecule has 6 rings (SSSR count). The maximum Gasteiger partial charge on any atom is 0.410 e. The largest absolute Gasteiger partial charge is 0.436 e. The Kier molecular flexibility index (Phi) is 12.1. The first-order valence-electron chi connectivity index (χ1n) is 17.8. The van der Waals surface area contributed by atoms with Crippen molar-refractivity contribution in [3.63, 3.8) is 0 Å². The molecule has 0 saturated carbocycles. The van der Waals surface area contributed by atoms with E-state index in [0.717, 1.165) is 17.7 Å². The van der Waals surface area contributed by atoms with Crippen molar-refractivity contribution in [1.82, 2.24) is 28.6 Å². The number of amides is 4. The number of piperazine rings is 1. The zero-order valence-electron chi connectivity index (χ0n) is 29.0. The van der Waals surface area contributed by atoms with Crippen molar-refractivity contribution < 1.29 is 32.6 Å². The molecule has 17 heteroatoms. The van der Waals surface area contributed by atoms with Gasteiger partial charge in [0.1, 0.15) is 7.85 Å². The molecule has 4 aliphatic heterocycles. The number of rotatable bonds is 8.